The van der Waals surface area contributed by atoms with Gasteiger partial charge in [-0.3, -0.25) is 4.79 Å². The summed E-state index contributed by atoms with van der Waals surface area (Å²) in [5, 5.41) is 15.5. The SMILES string of the molecule is Cc1ccccc1CCN/C=C(/C#N)C(=O)NCc1ccccc1Cl. The molecule has 0 spiro atoms. The number of carbonyl (C=O) groups excluding carboxylic acids is 1. The van der Waals surface area contributed by atoms with Crippen molar-refractivity contribution in [2.45, 2.75) is 19.9 Å². The van der Waals surface area contributed by atoms with E-state index in [-0.39, 0.29) is 12.1 Å². The summed E-state index contributed by atoms with van der Waals surface area (Å²) in [6, 6.07) is 17.3. The molecule has 0 aliphatic heterocycles. The van der Waals surface area contributed by atoms with Crippen LogP contribution in [0.5, 0.6) is 0 Å². The van der Waals surface area contributed by atoms with Crippen molar-refractivity contribution in [1.29, 1.82) is 5.26 Å². The van der Waals surface area contributed by atoms with Crippen LogP contribution in [0.3, 0.4) is 0 Å². The molecule has 2 aromatic rings. The van der Waals surface area contributed by atoms with E-state index in [0.29, 0.717) is 11.6 Å². The molecule has 0 fully saturated rings. The molecule has 2 N–H and O–H groups in total. The normalized spacial score (nSPS) is 10.8. The third kappa shape index (κ3) is 5.66. The van der Waals surface area contributed by atoms with Crippen molar-refractivity contribution in [3.05, 3.63) is 82.0 Å². The van der Waals surface area contributed by atoms with Gasteiger partial charge < -0.3 is 10.6 Å². The minimum atomic E-state index is -0.425. The molecule has 0 aromatic heterocycles. The molecular formula is C20H20ClN3O. The largest absolute Gasteiger partial charge is 0.389 e. The molecule has 0 atom stereocenters. The van der Waals surface area contributed by atoms with Crippen molar-refractivity contribution in [1.82, 2.24) is 10.6 Å². The first kappa shape index (κ1) is 18.6. The zero-order valence-corrected chi connectivity index (χ0v) is 14.8. The number of nitriles is 1. The Labute approximate surface area is 153 Å². The summed E-state index contributed by atoms with van der Waals surface area (Å²) >= 11 is 6.05. The Morgan fingerprint density at radius 3 is 2.52 bits per heavy atom. The van der Waals surface area contributed by atoms with Gasteiger partial charge in [-0.2, -0.15) is 5.26 Å². The Morgan fingerprint density at radius 1 is 1.16 bits per heavy atom. The fourth-order valence-corrected chi connectivity index (χ4v) is 2.54. The highest BCUT2D eigenvalue weighted by Gasteiger charge is 2.09. The van der Waals surface area contributed by atoms with Crippen LogP contribution >= 0.6 is 11.6 Å². The van der Waals surface area contributed by atoms with Gasteiger partial charge in [-0.15, -0.1) is 0 Å². The smallest absolute Gasteiger partial charge is 0.263 e. The molecule has 0 unspecified atom stereocenters. The summed E-state index contributed by atoms with van der Waals surface area (Å²) in [6.45, 7) is 2.99. The van der Waals surface area contributed by atoms with E-state index in [2.05, 4.69) is 29.7 Å². The fraction of sp³-hybridized carbons (Fsp3) is 0.200. The minimum absolute atomic E-state index is 0.0387. The Bertz CT molecular complexity index is 809. The predicted molar refractivity (Wildman–Crippen MR) is 99.9 cm³/mol. The average molecular weight is 354 g/mol. The molecule has 128 valence electrons. The number of halogens is 1. The maximum absolute atomic E-state index is 12.1. The second-order valence-electron chi connectivity index (χ2n) is 5.57. The summed E-state index contributed by atoms with van der Waals surface area (Å²) < 4.78 is 0. The zero-order valence-electron chi connectivity index (χ0n) is 14.1. The Balaban J connectivity index is 1.85. The van der Waals surface area contributed by atoms with Gasteiger partial charge in [-0.25, -0.2) is 0 Å². The third-order valence-electron chi connectivity index (χ3n) is 3.81. The molecule has 4 nitrogen and oxygen atoms in total. The van der Waals surface area contributed by atoms with Crippen molar-refractivity contribution in [2.75, 3.05) is 6.54 Å². The lowest BCUT2D eigenvalue weighted by Crippen LogP contribution is -2.25. The van der Waals surface area contributed by atoms with Crippen molar-refractivity contribution in [2.24, 2.45) is 0 Å². The van der Waals surface area contributed by atoms with Gasteiger partial charge in [0.1, 0.15) is 11.6 Å². The first-order valence-electron chi connectivity index (χ1n) is 8.01. The number of hydrogen-bond acceptors (Lipinski definition) is 3. The summed E-state index contributed by atoms with van der Waals surface area (Å²) in [4.78, 5) is 12.1. The average Bonchev–Trinajstić information content (AvgIpc) is 2.62. The van der Waals surface area contributed by atoms with E-state index in [1.807, 2.05) is 36.4 Å². The van der Waals surface area contributed by atoms with E-state index < -0.39 is 5.91 Å². The molecule has 0 radical (unpaired) electrons. The maximum atomic E-state index is 12.1. The topological polar surface area (TPSA) is 64.9 Å². The van der Waals surface area contributed by atoms with Crippen LogP contribution in [-0.2, 0) is 17.8 Å². The Morgan fingerprint density at radius 2 is 1.84 bits per heavy atom. The number of aryl methyl sites for hydroxylation is 1. The first-order valence-corrected chi connectivity index (χ1v) is 8.39. The molecule has 0 bridgehead atoms. The molecule has 1 amide bonds. The van der Waals surface area contributed by atoms with Gasteiger partial charge in [-0.05, 0) is 36.1 Å². The first-order chi connectivity index (χ1) is 12.1. The minimum Gasteiger partial charge on any atom is -0.389 e. The summed E-state index contributed by atoms with van der Waals surface area (Å²) in [7, 11) is 0. The number of hydrogen-bond donors (Lipinski definition) is 2. The van der Waals surface area contributed by atoms with E-state index in [4.69, 9.17) is 16.9 Å². The molecular weight excluding hydrogens is 334 g/mol. The van der Waals surface area contributed by atoms with Crippen LogP contribution in [0, 0.1) is 18.3 Å². The van der Waals surface area contributed by atoms with Gasteiger partial charge >= 0.3 is 0 Å². The van der Waals surface area contributed by atoms with Crippen LogP contribution in [0.1, 0.15) is 16.7 Å². The van der Waals surface area contributed by atoms with E-state index in [9.17, 15) is 4.79 Å². The van der Waals surface area contributed by atoms with Crippen molar-refractivity contribution in [3.8, 4) is 6.07 Å². The summed E-state index contributed by atoms with van der Waals surface area (Å²) in [5.74, 6) is -0.425. The van der Waals surface area contributed by atoms with Crippen molar-refractivity contribution < 1.29 is 4.79 Å². The van der Waals surface area contributed by atoms with Crippen molar-refractivity contribution in [3.63, 3.8) is 0 Å². The van der Waals surface area contributed by atoms with Crippen LogP contribution in [0.2, 0.25) is 5.02 Å². The molecule has 0 aliphatic rings. The molecule has 5 heteroatoms. The molecule has 0 saturated heterocycles. The van der Waals surface area contributed by atoms with E-state index in [1.54, 1.807) is 6.07 Å². The maximum Gasteiger partial charge on any atom is 0.263 e. The second kappa shape index (κ2) is 9.51. The number of benzene rings is 2. The van der Waals surface area contributed by atoms with Crippen LogP contribution in [-0.4, -0.2) is 12.5 Å². The van der Waals surface area contributed by atoms with Gasteiger partial charge in [0.15, 0.2) is 0 Å². The zero-order chi connectivity index (χ0) is 18.1. The highest BCUT2D eigenvalue weighted by Crippen LogP contribution is 2.14. The van der Waals surface area contributed by atoms with E-state index in [0.717, 1.165) is 12.0 Å². The van der Waals surface area contributed by atoms with Crippen molar-refractivity contribution >= 4 is 17.5 Å². The lowest BCUT2D eigenvalue weighted by Gasteiger charge is -2.07. The Hall–Kier alpha value is -2.77. The molecule has 2 aromatic carbocycles. The molecule has 0 saturated carbocycles. The number of nitrogens with one attached hydrogen (secondary N) is 2. The van der Waals surface area contributed by atoms with Crippen LogP contribution in [0.15, 0.2) is 60.3 Å². The van der Waals surface area contributed by atoms with Crippen LogP contribution in [0.4, 0.5) is 0 Å². The van der Waals surface area contributed by atoms with Gasteiger partial charge in [0.25, 0.3) is 5.91 Å². The van der Waals surface area contributed by atoms with Gasteiger partial charge in [0, 0.05) is 24.3 Å². The number of nitrogens with zero attached hydrogens (tertiary/aromatic N) is 1. The van der Waals surface area contributed by atoms with Crippen LogP contribution < -0.4 is 10.6 Å². The number of rotatable bonds is 7. The molecule has 2 rings (SSSR count). The predicted octanol–water partition coefficient (Wildman–Crippen LogP) is 3.50. The van der Waals surface area contributed by atoms with Gasteiger partial charge in [0.05, 0.1) is 0 Å². The van der Waals surface area contributed by atoms with E-state index >= 15 is 0 Å². The molecule has 0 heterocycles. The quantitative estimate of drug-likeness (QED) is 0.455. The van der Waals surface area contributed by atoms with Crippen LogP contribution in [0.25, 0.3) is 0 Å². The summed E-state index contributed by atoms with van der Waals surface area (Å²) in [5.41, 5.74) is 3.32. The Kier molecular flexibility index (Phi) is 7.06. The highest BCUT2D eigenvalue weighted by atomic mass is 35.5. The van der Waals surface area contributed by atoms with Gasteiger partial charge in [0.2, 0.25) is 0 Å². The fourth-order valence-electron chi connectivity index (χ4n) is 2.33. The molecule has 25 heavy (non-hydrogen) atoms. The summed E-state index contributed by atoms with van der Waals surface area (Å²) in [6.07, 6.45) is 2.28. The highest BCUT2D eigenvalue weighted by molar-refractivity contribution is 6.31. The lowest BCUT2D eigenvalue weighted by molar-refractivity contribution is -0.117. The number of carbonyl (C=O) groups is 1. The standard InChI is InChI=1S/C20H20ClN3O/c1-15-6-2-3-7-16(15)10-11-23-13-18(12-22)20(25)24-14-17-8-4-5-9-19(17)21/h2-9,13,23H,10-11,14H2,1H3,(H,24,25)/b18-13-. The second-order valence-corrected chi connectivity index (χ2v) is 5.98. The monoisotopic (exact) mass is 353 g/mol. The van der Waals surface area contributed by atoms with E-state index in [1.165, 1.54) is 17.3 Å². The lowest BCUT2D eigenvalue weighted by atomic mass is 10.1. The van der Waals surface area contributed by atoms with Gasteiger partial charge in [-0.1, -0.05) is 54.1 Å². The third-order valence-corrected chi connectivity index (χ3v) is 4.18. The molecule has 0 aliphatic carbocycles. The number of amides is 1.